The van der Waals surface area contributed by atoms with Crippen molar-refractivity contribution in [3.05, 3.63) is 119 Å². The quantitative estimate of drug-likeness (QED) is 0.296. The van der Waals surface area contributed by atoms with Gasteiger partial charge in [-0.25, -0.2) is 0 Å². The zero-order valence-electron chi connectivity index (χ0n) is 20.3. The van der Waals surface area contributed by atoms with E-state index in [1.807, 2.05) is 42.5 Å². The highest BCUT2D eigenvalue weighted by Crippen LogP contribution is 2.40. The standard InChI is InChI=1S/C31H31NO3/c1-33-27-14-10-24(11-15-27)25-16-26-17-29(34-2)19-31(30(26)18-25)32-20-22-8-12-28(13-9-22)35-21-23-6-4-3-5-7-23/h3-15,17,19,25,32H,16,18,20-21H2,1-2H3. The van der Waals surface area contributed by atoms with Gasteiger partial charge in [0, 0.05) is 18.3 Å². The maximum atomic E-state index is 5.92. The second-order valence-electron chi connectivity index (χ2n) is 8.96. The molecule has 5 rings (SSSR count). The molecule has 1 unspecified atom stereocenters. The van der Waals surface area contributed by atoms with E-state index in [0.717, 1.165) is 47.9 Å². The van der Waals surface area contributed by atoms with Crippen LogP contribution in [0.2, 0.25) is 0 Å². The Kier molecular flexibility index (Phi) is 6.89. The minimum Gasteiger partial charge on any atom is -0.497 e. The van der Waals surface area contributed by atoms with Crippen LogP contribution in [0.3, 0.4) is 0 Å². The third kappa shape index (κ3) is 5.43. The van der Waals surface area contributed by atoms with Crippen LogP contribution >= 0.6 is 0 Å². The first-order valence-electron chi connectivity index (χ1n) is 12.0. The molecule has 0 bridgehead atoms. The molecule has 0 saturated heterocycles. The van der Waals surface area contributed by atoms with E-state index in [4.69, 9.17) is 14.2 Å². The lowest BCUT2D eigenvalue weighted by Gasteiger charge is -2.14. The van der Waals surface area contributed by atoms with Gasteiger partial charge in [-0.05, 0) is 76.9 Å². The van der Waals surface area contributed by atoms with Crippen LogP contribution < -0.4 is 19.5 Å². The molecule has 4 nitrogen and oxygen atoms in total. The van der Waals surface area contributed by atoms with Crippen LogP contribution in [-0.2, 0) is 26.0 Å². The number of nitrogens with one attached hydrogen (secondary N) is 1. The van der Waals surface area contributed by atoms with Crippen LogP contribution in [-0.4, -0.2) is 14.2 Å². The zero-order valence-corrected chi connectivity index (χ0v) is 20.3. The van der Waals surface area contributed by atoms with Gasteiger partial charge in [0.25, 0.3) is 0 Å². The van der Waals surface area contributed by atoms with E-state index in [1.54, 1.807) is 14.2 Å². The summed E-state index contributed by atoms with van der Waals surface area (Å²) < 4.78 is 16.9. The highest BCUT2D eigenvalue weighted by Gasteiger charge is 2.26. The van der Waals surface area contributed by atoms with E-state index in [2.05, 4.69) is 53.8 Å². The van der Waals surface area contributed by atoms with Crippen LogP contribution in [0.25, 0.3) is 0 Å². The van der Waals surface area contributed by atoms with Crippen LogP contribution in [0.15, 0.2) is 91.0 Å². The fourth-order valence-electron chi connectivity index (χ4n) is 4.74. The lowest BCUT2D eigenvalue weighted by Crippen LogP contribution is -2.04. The highest BCUT2D eigenvalue weighted by atomic mass is 16.5. The van der Waals surface area contributed by atoms with Crippen molar-refractivity contribution in [2.75, 3.05) is 19.5 Å². The SMILES string of the molecule is COc1ccc(C2Cc3cc(OC)cc(NCc4ccc(OCc5ccccc5)cc4)c3C2)cc1. The normalized spacial score (nSPS) is 14.3. The highest BCUT2D eigenvalue weighted by molar-refractivity contribution is 5.62. The number of rotatable bonds is 9. The molecule has 0 fully saturated rings. The second-order valence-corrected chi connectivity index (χ2v) is 8.96. The van der Waals surface area contributed by atoms with Crippen LogP contribution in [0.4, 0.5) is 5.69 Å². The molecule has 4 aromatic rings. The van der Waals surface area contributed by atoms with E-state index >= 15 is 0 Å². The smallest absolute Gasteiger partial charge is 0.121 e. The molecule has 0 amide bonds. The van der Waals surface area contributed by atoms with Crippen molar-refractivity contribution in [1.82, 2.24) is 0 Å². The Balaban J connectivity index is 1.25. The largest absolute Gasteiger partial charge is 0.497 e. The first-order chi connectivity index (χ1) is 17.2. The predicted octanol–water partition coefficient (Wildman–Crippen LogP) is 6.78. The number of anilines is 1. The van der Waals surface area contributed by atoms with Crippen LogP contribution in [0, 0.1) is 0 Å². The molecule has 1 N–H and O–H groups in total. The molecule has 4 aromatic carbocycles. The van der Waals surface area contributed by atoms with E-state index in [0.29, 0.717) is 12.5 Å². The Labute approximate surface area is 207 Å². The molecular weight excluding hydrogens is 434 g/mol. The lowest BCUT2D eigenvalue weighted by atomic mass is 9.96. The Morgan fingerprint density at radius 2 is 1.43 bits per heavy atom. The van der Waals surface area contributed by atoms with Crippen LogP contribution in [0.5, 0.6) is 17.2 Å². The van der Waals surface area contributed by atoms with E-state index in [-0.39, 0.29) is 0 Å². The topological polar surface area (TPSA) is 39.7 Å². The van der Waals surface area contributed by atoms with Crippen molar-refractivity contribution in [1.29, 1.82) is 0 Å². The molecule has 35 heavy (non-hydrogen) atoms. The summed E-state index contributed by atoms with van der Waals surface area (Å²) in [4.78, 5) is 0. The second kappa shape index (κ2) is 10.6. The molecule has 0 aromatic heterocycles. The van der Waals surface area contributed by atoms with Gasteiger partial charge < -0.3 is 19.5 Å². The average molecular weight is 466 g/mol. The summed E-state index contributed by atoms with van der Waals surface area (Å²) in [7, 11) is 3.44. The molecule has 0 aliphatic heterocycles. The third-order valence-electron chi connectivity index (χ3n) is 6.71. The van der Waals surface area contributed by atoms with Crippen molar-refractivity contribution >= 4 is 5.69 Å². The van der Waals surface area contributed by atoms with E-state index in [1.165, 1.54) is 22.3 Å². The first kappa shape index (κ1) is 22.9. The first-order valence-corrected chi connectivity index (χ1v) is 12.0. The Morgan fingerprint density at radius 3 is 2.14 bits per heavy atom. The van der Waals surface area contributed by atoms with Crippen LogP contribution in [0.1, 0.15) is 33.7 Å². The Bertz CT molecular complexity index is 1250. The number of ether oxygens (including phenoxy) is 3. The molecular formula is C31H31NO3. The summed E-state index contributed by atoms with van der Waals surface area (Å²) in [6.45, 7) is 1.32. The Morgan fingerprint density at radius 1 is 0.714 bits per heavy atom. The van der Waals surface area contributed by atoms with Gasteiger partial charge in [-0.2, -0.15) is 0 Å². The summed E-state index contributed by atoms with van der Waals surface area (Å²) in [6.07, 6.45) is 2.03. The third-order valence-corrected chi connectivity index (χ3v) is 6.71. The maximum Gasteiger partial charge on any atom is 0.121 e. The summed E-state index contributed by atoms with van der Waals surface area (Å²) in [5, 5.41) is 3.66. The van der Waals surface area contributed by atoms with Gasteiger partial charge in [0.05, 0.1) is 14.2 Å². The molecule has 178 valence electrons. The van der Waals surface area contributed by atoms with E-state index < -0.39 is 0 Å². The van der Waals surface area contributed by atoms with Crippen molar-refractivity contribution in [2.45, 2.75) is 31.9 Å². The number of hydrogen-bond acceptors (Lipinski definition) is 4. The zero-order chi connectivity index (χ0) is 24.0. The fourth-order valence-corrected chi connectivity index (χ4v) is 4.74. The van der Waals surface area contributed by atoms with Gasteiger partial charge in [-0.15, -0.1) is 0 Å². The fraction of sp³-hybridized carbons (Fsp3) is 0.226. The molecule has 0 saturated carbocycles. The monoisotopic (exact) mass is 465 g/mol. The van der Waals surface area contributed by atoms with E-state index in [9.17, 15) is 0 Å². The summed E-state index contributed by atoms with van der Waals surface area (Å²) in [5.74, 6) is 3.13. The molecule has 1 aliphatic rings. The minimum atomic E-state index is 0.463. The Hall–Kier alpha value is -3.92. The van der Waals surface area contributed by atoms with Crippen molar-refractivity contribution in [3.63, 3.8) is 0 Å². The van der Waals surface area contributed by atoms with Crippen molar-refractivity contribution in [3.8, 4) is 17.2 Å². The molecule has 1 atom stereocenters. The van der Waals surface area contributed by atoms with Gasteiger partial charge in [0.1, 0.15) is 23.9 Å². The van der Waals surface area contributed by atoms with Crippen molar-refractivity contribution < 1.29 is 14.2 Å². The number of hydrogen-bond donors (Lipinski definition) is 1. The lowest BCUT2D eigenvalue weighted by molar-refractivity contribution is 0.306. The summed E-state index contributed by atoms with van der Waals surface area (Å²) in [5.41, 5.74) is 7.61. The molecule has 1 aliphatic carbocycles. The number of benzene rings is 4. The number of fused-ring (bicyclic) bond motifs is 1. The predicted molar refractivity (Wildman–Crippen MR) is 141 cm³/mol. The maximum absolute atomic E-state index is 5.92. The minimum absolute atomic E-state index is 0.463. The van der Waals surface area contributed by atoms with Crippen molar-refractivity contribution in [2.24, 2.45) is 0 Å². The van der Waals surface area contributed by atoms with Gasteiger partial charge in [0.2, 0.25) is 0 Å². The molecule has 4 heteroatoms. The van der Waals surface area contributed by atoms with Gasteiger partial charge in [-0.3, -0.25) is 0 Å². The number of methoxy groups -OCH3 is 2. The van der Waals surface area contributed by atoms with Gasteiger partial charge in [0.15, 0.2) is 0 Å². The molecule has 0 spiro atoms. The summed E-state index contributed by atoms with van der Waals surface area (Å²) >= 11 is 0. The van der Waals surface area contributed by atoms with Gasteiger partial charge >= 0.3 is 0 Å². The van der Waals surface area contributed by atoms with Gasteiger partial charge in [-0.1, -0.05) is 54.6 Å². The average Bonchev–Trinajstić information content (AvgIpc) is 3.36. The molecule has 0 heterocycles. The summed E-state index contributed by atoms with van der Waals surface area (Å²) in [6, 6.07) is 31.3. The molecule has 0 radical (unpaired) electrons.